The van der Waals surface area contributed by atoms with Gasteiger partial charge in [0.05, 0.1) is 18.8 Å². The maximum Gasteiger partial charge on any atom is 0.251 e. The SMILES string of the molecule is O=C(NC1CC(c2cc(Br)ccc2Cl)NN1)[C@H]1CNCCO1. The minimum absolute atomic E-state index is 0.0423. The number of morpholine rings is 1. The summed E-state index contributed by atoms with van der Waals surface area (Å²) in [5, 5.41) is 6.80. The fraction of sp³-hybridized carbons (Fsp3) is 0.500. The Hall–Kier alpha value is -0.700. The van der Waals surface area contributed by atoms with Crippen molar-refractivity contribution in [1.82, 2.24) is 21.5 Å². The summed E-state index contributed by atoms with van der Waals surface area (Å²) in [4.78, 5) is 12.1. The number of rotatable bonds is 3. The summed E-state index contributed by atoms with van der Waals surface area (Å²) in [7, 11) is 0. The molecule has 2 saturated heterocycles. The monoisotopic (exact) mass is 388 g/mol. The topological polar surface area (TPSA) is 74.4 Å². The van der Waals surface area contributed by atoms with Crippen molar-refractivity contribution in [1.29, 1.82) is 0 Å². The zero-order chi connectivity index (χ0) is 15.5. The van der Waals surface area contributed by atoms with E-state index < -0.39 is 6.10 Å². The van der Waals surface area contributed by atoms with Crippen LogP contribution in [-0.4, -0.2) is 37.9 Å². The summed E-state index contributed by atoms with van der Waals surface area (Å²) in [5.41, 5.74) is 7.26. The summed E-state index contributed by atoms with van der Waals surface area (Å²) in [6, 6.07) is 5.79. The Morgan fingerprint density at radius 3 is 3.05 bits per heavy atom. The van der Waals surface area contributed by atoms with Gasteiger partial charge in [-0.3, -0.25) is 4.79 Å². The van der Waals surface area contributed by atoms with E-state index in [1.165, 1.54) is 0 Å². The minimum atomic E-state index is -0.427. The van der Waals surface area contributed by atoms with E-state index in [1.54, 1.807) is 0 Å². The predicted octanol–water partition coefficient (Wildman–Crippen LogP) is 1.07. The summed E-state index contributed by atoms with van der Waals surface area (Å²) in [6.45, 7) is 1.90. The van der Waals surface area contributed by atoms with Crippen molar-refractivity contribution in [3.8, 4) is 0 Å². The van der Waals surface area contributed by atoms with Crippen molar-refractivity contribution in [2.24, 2.45) is 0 Å². The predicted molar refractivity (Wildman–Crippen MR) is 87.3 cm³/mol. The molecule has 8 heteroatoms. The molecule has 22 heavy (non-hydrogen) atoms. The standard InChI is InChI=1S/C14H18BrClN4O2/c15-8-1-2-10(16)9(5-8)11-6-13(20-19-11)18-14(21)12-7-17-3-4-22-12/h1-2,5,11-13,17,19-20H,3-4,6-7H2,(H,18,21)/t11?,12-,13?/m1/s1. The smallest absolute Gasteiger partial charge is 0.251 e. The van der Waals surface area contributed by atoms with Crippen molar-refractivity contribution < 1.29 is 9.53 Å². The number of ether oxygens (including phenoxy) is 1. The first-order valence-corrected chi connectivity index (χ1v) is 8.39. The van der Waals surface area contributed by atoms with Crippen molar-refractivity contribution in [2.75, 3.05) is 19.7 Å². The Morgan fingerprint density at radius 2 is 2.27 bits per heavy atom. The Bertz CT molecular complexity index is 554. The van der Waals surface area contributed by atoms with Gasteiger partial charge < -0.3 is 15.4 Å². The quantitative estimate of drug-likeness (QED) is 0.622. The second kappa shape index (κ2) is 7.25. The van der Waals surface area contributed by atoms with E-state index in [4.69, 9.17) is 16.3 Å². The average molecular weight is 390 g/mol. The molecule has 0 aliphatic carbocycles. The lowest BCUT2D eigenvalue weighted by Crippen LogP contribution is -2.53. The summed E-state index contributed by atoms with van der Waals surface area (Å²) < 4.78 is 6.42. The van der Waals surface area contributed by atoms with Crippen molar-refractivity contribution >= 4 is 33.4 Å². The van der Waals surface area contributed by atoms with Crippen LogP contribution in [0.2, 0.25) is 5.02 Å². The molecular formula is C14H18BrClN4O2. The van der Waals surface area contributed by atoms with Crippen LogP contribution >= 0.6 is 27.5 Å². The molecule has 4 N–H and O–H groups in total. The molecular weight excluding hydrogens is 372 g/mol. The van der Waals surface area contributed by atoms with Gasteiger partial charge in [-0.2, -0.15) is 0 Å². The van der Waals surface area contributed by atoms with Crippen LogP contribution in [0.4, 0.5) is 0 Å². The number of hydrazine groups is 1. The lowest BCUT2D eigenvalue weighted by atomic mass is 10.0. The van der Waals surface area contributed by atoms with Crippen LogP contribution in [0.1, 0.15) is 18.0 Å². The van der Waals surface area contributed by atoms with Gasteiger partial charge in [-0.05, 0) is 23.8 Å². The van der Waals surface area contributed by atoms with Gasteiger partial charge in [-0.1, -0.05) is 27.5 Å². The fourth-order valence-corrected chi connectivity index (χ4v) is 3.26. The number of hydrogen-bond donors (Lipinski definition) is 4. The van der Waals surface area contributed by atoms with E-state index in [2.05, 4.69) is 37.4 Å². The lowest BCUT2D eigenvalue weighted by molar-refractivity contribution is -0.135. The molecule has 2 heterocycles. The van der Waals surface area contributed by atoms with E-state index in [0.717, 1.165) is 16.6 Å². The second-order valence-electron chi connectivity index (χ2n) is 5.37. The van der Waals surface area contributed by atoms with E-state index in [-0.39, 0.29) is 18.1 Å². The van der Waals surface area contributed by atoms with Gasteiger partial charge in [0.2, 0.25) is 0 Å². The van der Waals surface area contributed by atoms with Crippen LogP contribution in [-0.2, 0) is 9.53 Å². The Kier molecular flexibility index (Phi) is 5.33. The number of nitrogens with one attached hydrogen (secondary N) is 4. The maximum absolute atomic E-state index is 12.1. The third kappa shape index (κ3) is 3.79. The van der Waals surface area contributed by atoms with Gasteiger partial charge in [0.1, 0.15) is 6.10 Å². The van der Waals surface area contributed by atoms with Crippen molar-refractivity contribution in [2.45, 2.75) is 24.7 Å². The largest absolute Gasteiger partial charge is 0.366 e. The zero-order valence-corrected chi connectivity index (χ0v) is 14.2. The molecule has 1 aromatic rings. The highest BCUT2D eigenvalue weighted by atomic mass is 79.9. The Morgan fingerprint density at radius 1 is 1.41 bits per heavy atom. The molecule has 0 saturated carbocycles. The molecule has 2 aliphatic rings. The molecule has 1 aromatic carbocycles. The van der Waals surface area contributed by atoms with E-state index in [0.29, 0.717) is 24.6 Å². The molecule has 3 rings (SSSR count). The van der Waals surface area contributed by atoms with Crippen LogP contribution in [0.15, 0.2) is 22.7 Å². The van der Waals surface area contributed by atoms with Crippen LogP contribution in [0.25, 0.3) is 0 Å². The second-order valence-corrected chi connectivity index (χ2v) is 6.69. The Labute approximate surface area is 142 Å². The molecule has 0 bridgehead atoms. The highest BCUT2D eigenvalue weighted by molar-refractivity contribution is 9.10. The maximum atomic E-state index is 12.1. The van der Waals surface area contributed by atoms with Crippen LogP contribution in [0.3, 0.4) is 0 Å². The number of carbonyl (C=O) groups excluding carboxylic acids is 1. The van der Waals surface area contributed by atoms with E-state index in [1.807, 2.05) is 18.2 Å². The average Bonchev–Trinajstić information content (AvgIpc) is 2.99. The van der Waals surface area contributed by atoms with Gasteiger partial charge in [0.15, 0.2) is 0 Å². The highest BCUT2D eigenvalue weighted by Crippen LogP contribution is 2.30. The van der Waals surface area contributed by atoms with Crippen LogP contribution in [0, 0.1) is 0 Å². The van der Waals surface area contributed by atoms with E-state index >= 15 is 0 Å². The third-order valence-electron chi connectivity index (χ3n) is 3.77. The van der Waals surface area contributed by atoms with Gasteiger partial charge in [-0.25, -0.2) is 10.9 Å². The minimum Gasteiger partial charge on any atom is -0.366 e. The van der Waals surface area contributed by atoms with Crippen LogP contribution in [0.5, 0.6) is 0 Å². The molecule has 0 spiro atoms. The number of hydrogen-bond acceptors (Lipinski definition) is 5. The third-order valence-corrected chi connectivity index (χ3v) is 4.61. The molecule has 120 valence electrons. The van der Waals surface area contributed by atoms with Crippen molar-refractivity contribution in [3.63, 3.8) is 0 Å². The number of amides is 1. The first-order chi connectivity index (χ1) is 10.6. The number of carbonyl (C=O) groups is 1. The normalized spacial score (nSPS) is 28.5. The van der Waals surface area contributed by atoms with Crippen molar-refractivity contribution in [3.05, 3.63) is 33.3 Å². The molecule has 1 amide bonds. The Balaban J connectivity index is 1.58. The van der Waals surface area contributed by atoms with Crippen LogP contribution < -0.4 is 21.5 Å². The van der Waals surface area contributed by atoms with Gasteiger partial charge in [0.25, 0.3) is 5.91 Å². The van der Waals surface area contributed by atoms with Gasteiger partial charge in [-0.15, -0.1) is 0 Å². The molecule has 0 radical (unpaired) electrons. The molecule has 0 aromatic heterocycles. The molecule has 3 atom stereocenters. The van der Waals surface area contributed by atoms with Gasteiger partial charge in [0, 0.05) is 29.0 Å². The van der Waals surface area contributed by atoms with E-state index in [9.17, 15) is 4.79 Å². The van der Waals surface area contributed by atoms with Gasteiger partial charge >= 0.3 is 0 Å². The summed E-state index contributed by atoms with van der Waals surface area (Å²) in [6.07, 6.45) is 0.129. The fourth-order valence-electron chi connectivity index (χ4n) is 2.63. The number of halogens is 2. The summed E-state index contributed by atoms with van der Waals surface area (Å²) >= 11 is 9.70. The molecule has 6 nitrogen and oxygen atoms in total. The molecule has 2 fully saturated rings. The zero-order valence-electron chi connectivity index (χ0n) is 11.9. The first-order valence-electron chi connectivity index (χ1n) is 7.22. The highest BCUT2D eigenvalue weighted by Gasteiger charge is 2.30. The first kappa shape index (κ1) is 16.2. The number of benzene rings is 1. The summed E-state index contributed by atoms with van der Waals surface area (Å²) in [5.74, 6) is -0.104. The lowest BCUT2D eigenvalue weighted by Gasteiger charge is -2.24. The molecule has 2 aliphatic heterocycles. The molecule has 2 unspecified atom stereocenters.